The van der Waals surface area contributed by atoms with Crippen LogP contribution >= 0.6 is 0 Å². The van der Waals surface area contributed by atoms with E-state index in [4.69, 9.17) is 5.73 Å². The second-order valence-corrected chi connectivity index (χ2v) is 5.73. The van der Waals surface area contributed by atoms with Crippen molar-refractivity contribution in [3.05, 3.63) is 23.8 Å². The smallest absolute Gasteiger partial charge is 0.0387 e. The zero-order valence-electron chi connectivity index (χ0n) is 11.8. The van der Waals surface area contributed by atoms with E-state index in [9.17, 15) is 0 Å². The maximum absolute atomic E-state index is 5.92. The molecule has 2 N–H and O–H groups in total. The number of anilines is 2. The molecule has 0 bridgehead atoms. The molecule has 1 aliphatic rings. The van der Waals surface area contributed by atoms with Crippen molar-refractivity contribution in [3.8, 4) is 0 Å². The molecule has 0 atom stereocenters. The van der Waals surface area contributed by atoms with Crippen molar-refractivity contribution in [1.82, 2.24) is 4.90 Å². The number of nitrogens with zero attached hydrogens (tertiary/aromatic N) is 2. The Morgan fingerprint density at radius 1 is 1.28 bits per heavy atom. The lowest BCUT2D eigenvalue weighted by Gasteiger charge is -2.32. The molecule has 3 nitrogen and oxygen atoms in total. The molecular weight excluding hydrogens is 222 g/mol. The van der Waals surface area contributed by atoms with Crippen LogP contribution in [-0.2, 0) is 0 Å². The van der Waals surface area contributed by atoms with Crippen molar-refractivity contribution in [2.24, 2.45) is 5.92 Å². The average molecular weight is 247 g/mol. The summed E-state index contributed by atoms with van der Waals surface area (Å²) >= 11 is 0. The van der Waals surface area contributed by atoms with E-state index in [1.54, 1.807) is 0 Å². The molecule has 1 aromatic rings. The van der Waals surface area contributed by atoms with E-state index >= 15 is 0 Å². The van der Waals surface area contributed by atoms with Gasteiger partial charge in [0.05, 0.1) is 0 Å². The van der Waals surface area contributed by atoms with Gasteiger partial charge >= 0.3 is 0 Å². The lowest BCUT2D eigenvalue weighted by Crippen LogP contribution is -2.35. The minimum atomic E-state index is 0.813. The molecule has 0 spiro atoms. The van der Waals surface area contributed by atoms with Gasteiger partial charge in [0, 0.05) is 25.0 Å². The summed E-state index contributed by atoms with van der Waals surface area (Å²) in [5, 5.41) is 0. The second-order valence-electron chi connectivity index (χ2n) is 5.73. The molecule has 0 amide bonds. The molecule has 1 heterocycles. The standard InChI is InChI=1S/C15H25N3/c1-12-8-14(16)10-15(9-12)18(3)11-13-4-6-17(2)7-5-13/h8-10,13H,4-7,11,16H2,1-3H3. The summed E-state index contributed by atoms with van der Waals surface area (Å²) < 4.78 is 0. The summed E-state index contributed by atoms with van der Waals surface area (Å²) in [5.41, 5.74) is 9.25. The van der Waals surface area contributed by atoms with Crippen LogP contribution in [0, 0.1) is 12.8 Å². The lowest BCUT2D eigenvalue weighted by molar-refractivity contribution is 0.222. The average Bonchev–Trinajstić information content (AvgIpc) is 2.31. The molecule has 0 radical (unpaired) electrons. The Bertz CT molecular complexity index is 374. The van der Waals surface area contributed by atoms with E-state index in [0.29, 0.717) is 0 Å². The molecule has 0 aliphatic carbocycles. The van der Waals surface area contributed by atoms with Gasteiger partial charge in [0.25, 0.3) is 0 Å². The zero-order chi connectivity index (χ0) is 13.1. The minimum absolute atomic E-state index is 0.813. The Kier molecular flexibility index (Phi) is 4.12. The number of nitrogen functional groups attached to an aromatic ring is 1. The van der Waals surface area contributed by atoms with Crippen LogP contribution < -0.4 is 10.6 Å². The Hall–Kier alpha value is -1.22. The second kappa shape index (κ2) is 5.61. The first-order valence-electron chi connectivity index (χ1n) is 6.81. The third-order valence-corrected chi connectivity index (χ3v) is 3.90. The lowest BCUT2D eigenvalue weighted by atomic mass is 9.96. The Balaban J connectivity index is 1.96. The monoisotopic (exact) mass is 247 g/mol. The van der Waals surface area contributed by atoms with Gasteiger partial charge in [-0.15, -0.1) is 0 Å². The first-order valence-corrected chi connectivity index (χ1v) is 6.81. The van der Waals surface area contributed by atoms with Crippen molar-refractivity contribution in [2.75, 3.05) is 44.4 Å². The van der Waals surface area contributed by atoms with E-state index in [1.165, 1.54) is 37.2 Å². The van der Waals surface area contributed by atoms with Crippen LogP contribution in [-0.4, -0.2) is 38.6 Å². The maximum atomic E-state index is 5.92. The fraction of sp³-hybridized carbons (Fsp3) is 0.600. The quantitative estimate of drug-likeness (QED) is 0.832. The fourth-order valence-corrected chi connectivity index (χ4v) is 2.75. The number of piperidine rings is 1. The highest BCUT2D eigenvalue weighted by atomic mass is 15.1. The highest BCUT2D eigenvalue weighted by molar-refractivity contribution is 5.57. The number of likely N-dealkylation sites (tertiary alicyclic amines) is 1. The van der Waals surface area contributed by atoms with E-state index in [0.717, 1.165) is 18.2 Å². The summed E-state index contributed by atoms with van der Waals surface area (Å²) in [6.45, 7) is 5.70. The van der Waals surface area contributed by atoms with Crippen LogP contribution in [0.4, 0.5) is 11.4 Å². The molecule has 1 aromatic carbocycles. The van der Waals surface area contributed by atoms with Crippen LogP contribution in [0.1, 0.15) is 18.4 Å². The van der Waals surface area contributed by atoms with Gasteiger partial charge in [-0.25, -0.2) is 0 Å². The summed E-state index contributed by atoms with van der Waals surface area (Å²) in [6.07, 6.45) is 2.62. The molecule has 2 rings (SSSR count). The number of nitrogens with two attached hydrogens (primary N) is 1. The number of benzene rings is 1. The molecule has 0 unspecified atom stereocenters. The predicted octanol–water partition coefficient (Wildman–Crippen LogP) is 2.36. The molecule has 3 heteroatoms. The van der Waals surface area contributed by atoms with Gasteiger partial charge in [-0.05, 0) is 69.6 Å². The van der Waals surface area contributed by atoms with E-state index in [-0.39, 0.29) is 0 Å². The van der Waals surface area contributed by atoms with Gasteiger partial charge in [0.2, 0.25) is 0 Å². The number of hydrogen-bond donors (Lipinski definition) is 1. The first kappa shape index (κ1) is 13.2. The normalized spacial score (nSPS) is 17.9. The van der Waals surface area contributed by atoms with E-state index in [1.807, 2.05) is 6.07 Å². The largest absolute Gasteiger partial charge is 0.399 e. The number of hydrogen-bond acceptors (Lipinski definition) is 3. The first-order chi connectivity index (χ1) is 8.54. The van der Waals surface area contributed by atoms with Crippen LogP contribution in [0.15, 0.2) is 18.2 Å². The van der Waals surface area contributed by atoms with Gasteiger partial charge in [-0.2, -0.15) is 0 Å². The van der Waals surface area contributed by atoms with Crippen molar-refractivity contribution >= 4 is 11.4 Å². The van der Waals surface area contributed by atoms with Gasteiger partial charge in [-0.1, -0.05) is 0 Å². The maximum Gasteiger partial charge on any atom is 0.0387 e. The van der Waals surface area contributed by atoms with Crippen LogP contribution in [0.2, 0.25) is 0 Å². The number of rotatable bonds is 3. The van der Waals surface area contributed by atoms with Crippen LogP contribution in [0.3, 0.4) is 0 Å². The van der Waals surface area contributed by atoms with E-state index < -0.39 is 0 Å². The molecule has 1 fully saturated rings. The van der Waals surface area contributed by atoms with Gasteiger partial charge in [0.1, 0.15) is 0 Å². The molecule has 1 aliphatic heterocycles. The molecule has 0 aromatic heterocycles. The van der Waals surface area contributed by atoms with E-state index in [2.05, 4.69) is 43.0 Å². The number of aryl methyl sites for hydroxylation is 1. The Labute approximate surface area is 111 Å². The van der Waals surface area contributed by atoms with Gasteiger partial charge < -0.3 is 15.5 Å². The van der Waals surface area contributed by atoms with Crippen molar-refractivity contribution in [3.63, 3.8) is 0 Å². The van der Waals surface area contributed by atoms with Crippen LogP contribution in [0.25, 0.3) is 0 Å². The van der Waals surface area contributed by atoms with Gasteiger partial charge in [-0.3, -0.25) is 0 Å². The molecular formula is C15H25N3. The Morgan fingerprint density at radius 2 is 1.94 bits per heavy atom. The molecule has 18 heavy (non-hydrogen) atoms. The highest BCUT2D eigenvalue weighted by Crippen LogP contribution is 2.23. The Morgan fingerprint density at radius 3 is 2.56 bits per heavy atom. The van der Waals surface area contributed by atoms with Crippen molar-refractivity contribution in [2.45, 2.75) is 19.8 Å². The zero-order valence-corrected chi connectivity index (χ0v) is 11.8. The minimum Gasteiger partial charge on any atom is -0.399 e. The predicted molar refractivity (Wildman–Crippen MR) is 79.1 cm³/mol. The molecule has 1 saturated heterocycles. The fourth-order valence-electron chi connectivity index (χ4n) is 2.75. The van der Waals surface area contributed by atoms with Crippen molar-refractivity contribution < 1.29 is 0 Å². The van der Waals surface area contributed by atoms with Crippen molar-refractivity contribution in [1.29, 1.82) is 0 Å². The summed E-state index contributed by atoms with van der Waals surface area (Å²) in [7, 11) is 4.38. The van der Waals surface area contributed by atoms with Gasteiger partial charge in [0.15, 0.2) is 0 Å². The summed E-state index contributed by atoms with van der Waals surface area (Å²) in [6, 6.07) is 6.31. The highest BCUT2D eigenvalue weighted by Gasteiger charge is 2.18. The molecule has 0 saturated carbocycles. The topological polar surface area (TPSA) is 32.5 Å². The van der Waals surface area contributed by atoms with Crippen LogP contribution in [0.5, 0.6) is 0 Å². The summed E-state index contributed by atoms with van der Waals surface area (Å²) in [5.74, 6) is 0.813. The SMILES string of the molecule is Cc1cc(N)cc(N(C)CC2CCN(C)CC2)c1. The third-order valence-electron chi connectivity index (χ3n) is 3.90. The third kappa shape index (κ3) is 3.39. The summed E-state index contributed by atoms with van der Waals surface area (Å²) in [4.78, 5) is 4.76. The molecule has 100 valence electrons.